The third-order valence-corrected chi connectivity index (χ3v) is 3.22. The summed E-state index contributed by atoms with van der Waals surface area (Å²) in [6, 6.07) is 5.23. The molecule has 5 nitrogen and oxygen atoms in total. The second-order valence-corrected chi connectivity index (χ2v) is 4.51. The number of carbonyl (C=O) groups is 2. The van der Waals surface area contributed by atoms with Crippen molar-refractivity contribution >= 4 is 18.0 Å². The second-order valence-electron chi connectivity index (χ2n) is 4.51. The molecule has 100 valence electrons. The van der Waals surface area contributed by atoms with Gasteiger partial charge in [-0.1, -0.05) is 18.2 Å². The number of carboxylic acids is 1. The van der Waals surface area contributed by atoms with Crippen molar-refractivity contribution in [1.29, 1.82) is 0 Å². The van der Waals surface area contributed by atoms with Crippen LogP contribution in [0.4, 0.5) is 0 Å². The fourth-order valence-corrected chi connectivity index (χ4v) is 1.98. The summed E-state index contributed by atoms with van der Waals surface area (Å²) >= 11 is 0. The van der Waals surface area contributed by atoms with Crippen molar-refractivity contribution < 1.29 is 24.2 Å². The Kier molecular flexibility index (Phi) is 3.29. The molecule has 0 saturated carbocycles. The molecule has 19 heavy (non-hydrogen) atoms. The molecule has 1 N–H and O–H groups in total. The lowest BCUT2D eigenvalue weighted by Gasteiger charge is -2.16. The number of hydrogen-bond donors (Lipinski definition) is 1. The molecule has 1 unspecified atom stereocenters. The van der Waals surface area contributed by atoms with Crippen LogP contribution in [0.15, 0.2) is 24.3 Å². The maximum atomic E-state index is 11.3. The van der Waals surface area contributed by atoms with Gasteiger partial charge in [0.2, 0.25) is 0 Å². The van der Waals surface area contributed by atoms with Crippen molar-refractivity contribution in [2.45, 2.75) is 12.3 Å². The van der Waals surface area contributed by atoms with Gasteiger partial charge in [-0.05, 0) is 13.0 Å². The van der Waals surface area contributed by atoms with Crippen LogP contribution in [0, 0.1) is 0 Å². The fourth-order valence-electron chi connectivity index (χ4n) is 1.98. The Bertz CT molecular complexity index is 561. The Morgan fingerprint density at radius 1 is 1.47 bits per heavy atom. The third kappa shape index (κ3) is 2.19. The van der Waals surface area contributed by atoms with Crippen molar-refractivity contribution in [3.05, 3.63) is 35.4 Å². The molecule has 0 radical (unpaired) electrons. The Morgan fingerprint density at radius 2 is 2.21 bits per heavy atom. The standard InChI is InChI=1S/C14H14O5/c1-14(13(16)17)8-19-12-9(4-3-5-10(12)14)6-7-11(15)18-2/h3-7H,8H2,1-2H3,(H,16,17)/b7-6+. The van der Waals surface area contributed by atoms with Gasteiger partial charge in [0.15, 0.2) is 0 Å². The molecule has 0 bridgehead atoms. The van der Waals surface area contributed by atoms with Crippen molar-refractivity contribution in [3.63, 3.8) is 0 Å². The summed E-state index contributed by atoms with van der Waals surface area (Å²) in [5.74, 6) is -0.899. The Labute approximate surface area is 110 Å². The van der Waals surface area contributed by atoms with E-state index in [0.29, 0.717) is 16.9 Å². The van der Waals surface area contributed by atoms with Crippen molar-refractivity contribution in [2.75, 3.05) is 13.7 Å². The molecule has 2 rings (SSSR count). The zero-order chi connectivity index (χ0) is 14.0. The number of benzene rings is 1. The number of esters is 1. The minimum atomic E-state index is -1.05. The van der Waals surface area contributed by atoms with Crippen LogP contribution in [0.25, 0.3) is 6.08 Å². The number of fused-ring (bicyclic) bond motifs is 1. The van der Waals surface area contributed by atoms with Gasteiger partial charge in [-0.2, -0.15) is 0 Å². The highest BCUT2D eigenvalue weighted by Crippen LogP contribution is 2.41. The van der Waals surface area contributed by atoms with Crippen LogP contribution >= 0.6 is 0 Å². The van der Waals surface area contributed by atoms with Crippen LogP contribution in [-0.4, -0.2) is 30.8 Å². The summed E-state index contributed by atoms with van der Waals surface area (Å²) in [6.45, 7) is 1.70. The van der Waals surface area contributed by atoms with E-state index in [-0.39, 0.29) is 6.61 Å². The highest BCUT2D eigenvalue weighted by Gasteiger charge is 2.43. The van der Waals surface area contributed by atoms with E-state index in [4.69, 9.17) is 4.74 Å². The van der Waals surface area contributed by atoms with E-state index in [1.54, 1.807) is 31.2 Å². The van der Waals surface area contributed by atoms with Gasteiger partial charge in [0, 0.05) is 17.2 Å². The number of carbonyl (C=O) groups excluding carboxylic acids is 1. The van der Waals surface area contributed by atoms with Crippen molar-refractivity contribution in [3.8, 4) is 5.75 Å². The van der Waals surface area contributed by atoms with Crippen LogP contribution < -0.4 is 4.74 Å². The van der Waals surface area contributed by atoms with E-state index in [9.17, 15) is 14.7 Å². The van der Waals surface area contributed by atoms with Crippen LogP contribution in [0.5, 0.6) is 5.75 Å². The molecule has 1 aliphatic rings. The van der Waals surface area contributed by atoms with Gasteiger partial charge in [-0.3, -0.25) is 4.79 Å². The van der Waals surface area contributed by atoms with Gasteiger partial charge < -0.3 is 14.6 Å². The van der Waals surface area contributed by atoms with Crippen molar-refractivity contribution in [2.24, 2.45) is 0 Å². The molecule has 1 atom stereocenters. The Hall–Kier alpha value is -2.30. The van der Waals surface area contributed by atoms with E-state index >= 15 is 0 Å². The molecule has 0 fully saturated rings. The van der Waals surface area contributed by atoms with E-state index in [0.717, 1.165) is 0 Å². The van der Waals surface area contributed by atoms with Gasteiger partial charge in [-0.15, -0.1) is 0 Å². The van der Waals surface area contributed by atoms with Gasteiger partial charge in [0.1, 0.15) is 17.8 Å². The largest absolute Gasteiger partial charge is 0.491 e. The zero-order valence-electron chi connectivity index (χ0n) is 10.7. The molecule has 0 aliphatic carbocycles. The average molecular weight is 262 g/mol. The molecule has 5 heteroatoms. The monoisotopic (exact) mass is 262 g/mol. The van der Waals surface area contributed by atoms with Gasteiger partial charge >= 0.3 is 11.9 Å². The summed E-state index contributed by atoms with van der Waals surface area (Å²) in [4.78, 5) is 22.4. The summed E-state index contributed by atoms with van der Waals surface area (Å²) < 4.78 is 10.00. The van der Waals surface area contributed by atoms with E-state index in [1.165, 1.54) is 13.2 Å². The summed E-state index contributed by atoms with van der Waals surface area (Å²) in [6.07, 6.45) is 2.83. The van der Waals surface area contributed by atoms with Gasteiger partial charge in [-0.25, -0.2) is 4.79 Å². The first kappa shape index (κ1) is 13.1. The number of aliphatic carboxylic acids is 1. The van der Waals surface area contributed by atoms with E-state index in [1.807, 2.05) is 0 Å². The lowest BCUT2D eigenvalue weighted by Crippen LogP contribution is -2.33. The number of ether oxygens (including phenoxy) is 2. The summed E-state index contributed by atoms with van der Waals surface area (Å²) in [5, 5.41) is 9.29. The van der Waals surface area contributed by atoms with E-state index < -0.39 is 17.4 Å². The Morgan fingerprint density at radius 3 is 2.84 bits per heavy atom. The normalized spacial score (nSPS) is 20.9. The first-order valence-electron chi connectivity index (χ1n) is 5.75. The molecule has 1 aromatic rings. The average Bonchev–Trinajstić information content (AvgIpc) is 2.76. The smallest absolute Gasteiger partial charge is 0.330 e. The lowest BCUT2D eigenvalue weighted by atomic mass is 9.84. The molecule has 1 aliphatic heterocycles. The first-order valence-corrected chi connectivity index (χ1v) is 5.75. The molecular formula is C14H14O5. The quantitative estimate of drug-likeness (QED) is 0.661. The van der Waals surface area contributed by atoms with Crippen LogP contribution in [-0.2, 0) is 19.7 Å². The molecule has 0 spiro atoms. The molecule has 1 aromatic carbocycles. The molecule has 0 amide bonds. The predicted molar refractivity (Wildman–Crippen MR) is 68.0 cm³/mol. The first-order chi connectivity index (χ1) is 8.99. The topological polar surface area (TPSA) is 72.8 Å². The number of methoxy groups -OCH3 is 1. The maximum absolute atomic E-state index is 11.3. The molecule has 1 heterocycles. The number of carboxylic acid groups (broad SMARTS) is 1. The minimum absolute atomic E-state index is 0.0841. The second kappa shape index (κ2) is 4.76. The third-order valence-electron chi connectivity index (χ3n) is 3.22. The van der Waals surface area contributed by atoms with Crippen LogP contribution in [0.2, 0.25) is 0 Å². The minimum Gasteiger partial charge on any atom is -0.491 e. The summed E-state index contributed by atoms with van der Waals surface area (Å²) in [5.41, 5.74) is 0.227. The molecule has 0 saturated heterocycles. The Balaban J connectivity index is 2.42. The van der Waals surface area contributed by atoms with Crippen LogP contribution in [0.1, 0.15) is 18.1 Å². The molecule has 0 aromatic heterocycles. The predicted octanol–water partition coefficient (Wildman–Crippen LogP) is 1.61. The fraction of sp³-hybridized carbons (Fsp3) is 0.286. The number of hydrogen-bond acceptors (Lipinski definition) is 4. The highest BCUT2D eigenvalue weighted by atomic mass is 16.5. The maximum Gasteiger partial charge on any atom is 0.330 e. The van der Waals surface area contributed by atoms with Gasteiger partial charge in [0.25, 0.3) is 0 Å². The van der Waals surface area contributed by atoms with Crippen molar-refractivity contribution in [1.82, 2.24) is 0 Å². The lowest BCUT2D eigenvalue weighted by molar-refractivity contribution is -0.143. The number of para-hydroxylation sites is 1. The number of rotatable bonds is 3. The zero-order valence-corrected chi connectivity index (χ0v) is 10.7. The molecular weight excluding hydrogens is 248 g/mol. The van der Waals surface area contributed by atoms with Gasteiger partial charge in [0.05, 0.1) is 7.11 Å². The SMILES string of the molecule is COC(=O)/C=C/c1cccc2c1OCC2(C)C(=O)O. The van der Waals surface area contributed by atoms with E-state index in [2.05, 4.69) is 4.74 Å². The highest BCUT2D eigenvalue weighted by molar-refractivity contribution is 5.89. The summed E-state index contributed by atoms with van der Waals surface area (Å²) in [7, 11) is 1.29. The van der Waals surface area contributed by atoms with Crippen LogP contribution in [0.3, 0.4) is 0 Å².